The van der Waals surface area contributed by atoms with Crippen LogP contribution in [0.3, 0.4) is 0 Å². The molecule has 4 aromatic carbocycles. The lowest BCUT2D eigenvalue weighted by atomic mass is 10.0. The molecular formula is C29H24N2O3. The molecule has 0 aromatic heterocycles. The lowest BCUT2D eigenvalue weighted by molar-refractivity contribution is -0.120. The van der Waals surface area contributed by atoms with Gasteiger partial charge in [0.05, 0.1) is 18.4 Å². The van der Waals surface area contributed by atoms with E-state index in [0.29, 0.717) is 22.6 Å². The van der Waals surface area contributed by atoms with E-state index in [2.05, 4.69) is 5.32 Å². The zero-order chi connectivity index (χ0) is 23.8. The van der Waals surface area contributed by atoms with E-state index < -0.39 is 0 Å². The minimum atomic E-state index is -0.379. The van der Waals surface area contributed by atoms with E-state index in [9.17, 15) is 9.59 Å². The van der Waals surface area contributed by atoms with Crippen molar-refractivity contribution in [3.8, 4) is 5.75 Å². The number of methoxy groups -OCH3 is 1. The van der Waals surface area contributed by atoms with Crippen molar-refractivity contribution in [3.05, 3.63) is 107 Å². The maximum absolute atomic E-state index is 13.8. The van der Waals surface area contributed by atoms with Crippen LogP contribution in [0.4, 0.5) is 11.4 Å². The second-order valence-corrected chi connectivity index (χ2v) is 8.37. The largest absolute Gasteiger partial charge is 0.497 e. The average Bonchev–Trinajstić information content (AvgIpc) is 3.09. The van der Waals surface area contributed by atoms with Crippen molar-refractivity contribution in [2.24, 2.45) is 0 Å². The predicted octanol–water partition coefficient (Wildman–Crippen LogP) is 5.86. The van der Waals surface area contributed by atoms with Crippen molar-refractivity contribution >= 4 is 39.5 Å². The quantitative estimate of drug-likeness (QED) is 0.389. The number of hydrogen-bond donors (Lipinski definition) is 1. The van der Waals surface area contributed by atoms with Crippen LogP contribution in [-0.4, -0.2) is 18.9 Å². The maximum Gasteiger partial charge on any atom is 0.282 e. The van der Waals surface area contributed by atoms with Crippen LogP contribution in [-0.2, 0) is 9.59 Å². The summed E-state index contributed by atoms with van der Waals surface area (Å²) in [5.74, 6) is -0.0588. The van der Waals surface area contributed by atoms with E-state index in [1.165, 1.54) is 4.90 Å². The molecule has 4 aromatic rings. The zero-order valence-corrected chi connectivity index (χ0v) is 19.3. The van der Waals surface area contributed by atoms with Crippen molar-refractivity contribution < 1.29 is 14.3 Å². The summed E-state index contributed by atoms with van der Waals surface area (Å²) in [5.41, 5.74) is 4.52. The second-order valence-electron chi connectivity index (χ2n) is 8.37. The van der Waals surface area contributed by atoms with Gasteiger partial charge in [-0.3, -0.25) is 9.59 Å². The van der Waals surface area contributed by atoms with Gasteiger partial charge in [-0.15, -0.1) is 0 Å². The number of carbonyl (C=O) groups is 2. The number of fused-ring (bicyclic) bond motifs is 1. The number of hydrogen-bond acceptors (Lipinski definition) is 4. The highest BCUT2D eigenvalue weighted by Crippen LogP contribution is 2.36. The van der Waals surface area contributed by atoms with Crippen LogP contribution in [0.1, 0.15) is 16.7 Å². The number of rotatable bonds is 5. The van der Waals surface area contributed by atoms with E-state index in [-0.39, 0.29) is 17.5 Å². The molecule has 0 saturated heterocycles. The van der Waals surface area contributed by atoms with Crippen LogP contribution in [0.15, 0.2) is 90.6 Å². The van der Waals surface area contributed by atoms with Gasteiger partial charge in [0, 0.05) is 11.1 Å². The van der Waals surface area contributed by atoms with Gasteiger partial charge in [-0.25, -0.2) is 4.90 Å². The minimum Gasteiger partial charge on any atom is -0.497 e. The first-order valence-corrected chi connectivity index (χ1v) is 11.1. The van der Waals surface area contributed by atoms with Gasteiger partial charge < -0.3 is 10.1 Å². The van der Waals surface area contributed by atoms with Crippen molar-refractivity contribution in [2.75, 3.05) is 17.3 Å². The number of aryl methyl sites for hydroxylation is 2. The smallest absolute Gasteiger partial charge is 0.282 e. The second kappa shape index (κ2) is 8.52. The Balaban J connectivity index is 1.66. The van der Waals surface area contributed by atoms with Crippen LogP contribution in [0, 0.1) is 13.8 Å². The number of nitrogens with zero attached hydrogens (tertiary/aromatic N) is 1. The van der Waals surface area contributed by atoms with Gasteiger partial charge in [0.15, 0.2) is 0 Å². The standard InChI is InChI=1S/C29H24N2O3/c1-18-11-16-25(19(2)17-18)31-28(32)26(21-12-14-22(34-3)15-13-21)27(29(31)33)30-24-10-6-8-20-7-4-5-9-23(20)24/h4-17,30H,1-3H3. The summed E-state index contributed by atoms with van der Waals surface area (Å²) in [6.07, 6.45) is 0. The van der Waals surface area contributed by atoms with Gasteiger partial charge in [-0.1, -0.05) is 66.2 Å². The molecule has 1 N–H and O–H groups in total. The van der Waals surface area contributed by atoms with Crippen molar-refractivity contribution in [1.82, 2.24) is 0 Å². The number of benzene rings is 4. The van der Waals surface area contributed by atoms with Crippen molar-refractivity contribution in [3.63, 3.8) is 0 Å². The Morgan fingerprint density at radius 1 is 0.794 bits per heavy atom. The fourth-order valence-electron chi connectivity index (χ4n) is 4.42. The van der Waals surface area contributed by atoms with Crippen LogP contribution < -0.4 is 15.0 Å². The van der Waals surface area contributed by atoms with Gasteiger partial charge in [-0.05, 0) is 54.6 Å². The molecule has 0 bridgehead atoms. The minimum absolute atomic E-state index is 0.256. The lowest BCUT2D eigenvalue weighted by Crippen LogP contribution is -2.33. The molecule has 5 nitrogen and oxygen atoms in total. The molecule has 1 aliphatic heterocycles. The van der Waals surface area contributed by atoms with Crippen molar-refractivity contribution in [1.29, 1.82) is 0 Å². The molecule has 0 radical (unpaired) electrons. The van der Waals surface area contributed by atoms with E-state index in [1.54, 1.807) is 31.4 Å². The molecule has 2 amide bonds. The Hall–Kier alpha value is -4.38. The molecule has 0 aliphatic carbocycles. The lowest BCUT2D eigenvalue weighted by Gasteiger charge is -2.18. The first-order valence-electron chi connectivity index (χ1n) is 11.1. The zero-order valence-electron chi connectivity index (χ0n) is 19.3. The van der Waals surface area contributed by atoms with Crippen LogP contribution >= 0.6 is 0 Å². The fourth-order valence-corrected chi connectivity index (χ4v) is 4.42. The van der Waals surface area contributed by atoms with Gasteiger partial charge >= 0.3 is 0 Å². The Labute approximate surface area is 198 Å². The molecule has 0 spiro atoms. The topological polar surface area (TPSA) is 58.6 Å². The third kappa shape index (κ3) is 3.61. The number of ether oxygens (including phenoxy) is 1. The predicted molar refractivity (Wildman–Crippen MR) is 136 cm³/mol. The summed E-state index contributed by atoms with van der Waals surface area (Å²) >= 11 is 0. The summed E-state index contributed by atoms with van der Waals surface area (Å²) in [5, 5.41) is 5.32. The normalized spacial score (nSPS) is 13.7. The van der Waals surface area contributed by atoms with Gasteiger partial charge in [0.1, 0.15) is 11.4 Å². The number of carbonyl (C=O) groups excluding carboxylic acids is 2. The molecule has 0 saturated carbocycles. The molecule has 168 valence electrons. The average molecular weight is 449 g/mol. The van der Waals surface area contributed by atoms with Crippen LogP contribution in [0.25, 0.3) is 16.3 Å². The molecule has 0 unspecified atom stereocenters. The molecule has 5 rings (SSSR count). The number of anilines is 2. The van der Waals surface area contributed by atoms with Crippen molar-refractivity contribution in [2.45, 2.75) is 13.8 Å². The molecule has 0 atom stereocenters. The Morgan fingerprint density at radius 3 is 2.26 bits per heavy atom. The number of imide groups is 1. The number of nitrogens with one attached hydrogen (secondary N) is 1. The Kier molecular flexibility index (Phi) is 5.38. The van der Waals surface area contributed by atoms with Crippen LogP contribution in [0.5, 0.6) is 5.75 Å². The number of amides is 2. The maximum atomic E-state index is 13.8. The fraction of sp³-hybridized carbons (Fsp3) is 0.103. The molecular weight excluding hydrogens is 424 g/mol. The van der Waals surface area contributed by atoms with E-state index >= 15 is 0 Å². The first-order chi connectivity index (χ1) is 16.5. The Bertz CT molecular complexity index is 1460. The molecule has 1 heterocycles. The molecule has 0 fully saturated rings. The summed E-state index contributed by atoms with van der Waals surface area (Å²) in [6.45, 7) is 3.89. The van der Waals surface area contributed by atoms with E-state index in [0.717, 1.165) is 27.6 Å². The highest BCUT2D eigenvalue weighted by molar-refractivity contribution is 6.46. The first kappa shape index (κ1) is 21.5. The summed E-state index contributed by atoms with van der Waals surface area (Å²) in [4.78, 5) is 28.8. The van der Waals surface area contributed by atoms with E-state index in [4.69, 9.17) is 4.74 Å². The highest BCUT2D eigenvalue weighted by atomic mass is 16.5. The summed E-state index contributed by atoms with van der Waals surface area (Å²) < 4.78 is 5.27. The molecule has 5 heteroatoms. The summed E-state index contributed by atoms with van der Waals surface area (Å²) in [7, 11) is 1.59. The van der Waals surface area contributed by atoms with Gasteiger partial charge in [0.25, 0.3) is 11.8 Å². The third-order valence-corrected chi connectivity index (χ3v) is 6.11. The third-order valence-electron chi connectivity index (χ3n) is 6.11. The SMILES string of the molecule is COc1ccc(C2=C(Nc3cccc4ccccc34)C(=O)N(c3ccc(C)cc3C)C2=O)cc1. The highest BCUT2D eigenvalue weighted by Gasteiger charge is 2.41. The molecule has 1 aliphatic rings. The van der Waals surface area contributed by atoms with E-state index in [1.807, 2.05) is 74.5 Å². The monoisotopic (exact) mass is 448 g/mol. The molecule has 34 heavy (non-hydrogen) atoms. The summed E-state index contributed by atoms with van der Waals surface area (Å²) in [6, 6.07) is 26.7. The van der Waals surface area contributed by atoms with Gasteiger partial charge in [0.2, 0.25) is 0 Å². The van der Waals surface area contributed by atoms with Crippen LogP contribution in [0.2, 0.25) is 0 Å². The Morgan fingerprint density at radius 2 is 1.53 bits per heavy atom. The van der Waals surface area contributed by atoms with Gasteiger partial charge in [-0.2, -0.15) is 0 Å².